The fourth-order valence-corrected chi connectivity index (χ4v) is 4.73. The van der Waals surface area contributed by atoms with Crippen LogP contribution in [0.4, 0.5) is 0 Å². The molecule has 2 fully saturated rings. The summed E-state index contributed by atoms with van der Waals surface area (Å²) in [5, 5.41) is 3.96. The van der Waals surface area contributed by atoms with Crippen molar-refractivity contribution in [2.75, 3.05) is 26.7 Å². The van der Waals surface area contributed by atoms with Crippen molar-refractivity contribution in [1.82, 2.24) is 19.8 Å². The maximum Gasteiger partial charge on any atom is 0.251 e. The number of hydrogen-bond donors (Lipinski definition) is 1. The summed E-state index contributed by atoms with van der Waals surface area (Å²) in [5.41, 5.74) is 1.55. The molecule has 0 saturated carbocycles. The van der Waals surface area contributed by atoms with Gasteiger partial charge in [0.05, 0.1) is 11.6 Å². The van der Waals surface area contributed by atoms with Gasteiger partial charge in [0.2, 0.25) is 11.8 Å². The minimum Gasteiger partial charge on any atom is -0.345 e. The van der Waals surface area contributed by atoms with Crippen LogP contribution < -0.4 is 5.56 Å². The number of carbonyl (C=O) groups excluding carboxylic acids is 2. The fourth-order valence-electron chi connectivity index (χ4n) is 4.08. The van der Waals surface area contributed by atoms with Crippen LogP contribution in [-0.4, -0.2) is 58.3 Å². The first-order valence-corrected chi connectivity index (χ1v) is 10.6. The topological polar surface area (TPSA) is 86.4 Å². The number of thiophene rings is 1. The molecule has 4 heterocycles. The molecule has 0 bridgehead atoms. The number of nitrogens with zero attached hydrogens (tertiary/aromatic N) is 3. The summed E-state index contributed by atoms with van der Waals surface area (Å²) < 4.78 is 0. The largest absolute Gasteiger partial charge is 0.345 e. The molecule has 2 aromatic rings. The molecule has 2 aliphatic heterocycles. The molecule has 0 radical (unpaired) electrons. The molecule has 8 heteroatoms. The number of H-pyrrole nitrogens is 1. The highest BCUT2D eigenvalue weighted by Gasteiger charge is 2.35. The minimum atomic E-state index is -0.200. The van der Waals surface area contributed by atoms with Gasteiger partial charge in [0.25, 0.3) is 5.56 Å². The number of piperidine rings is 1. The van der Waals surface area contributed by atoms with Crippen LogP contribution >= 0.6 is 11.3 Å². The van der Waals surface area contributed by atoms with Crippen molar-refractivity contribution in [1.29, 1.82) is 0 Å². The standard InChI is InChI=1S/C20H24N4O3S/c1-23-11-15(9-19(23)26)20(27)24-5-2-13(3-6-24)8-17-21-16(10-18(25)22-17)14-4-7-28-12-14/h4,7,10,12-13,15H,2-3,5-6,8-9,11H2,1H3,(H,21,22,25). The molecule has 0 aromatic carbocycles. The van der Waals surface area contributed by atoms with Gasteiger partial charge in [0.1, 0.15) is 5.82 Å². The zero-order valence-electron chi connectivity index (χ0n) is 15.9. The molecule has 2 aliphatic rings. The summed E-state index contributed by atoms with van der Waals surface area (Å²) in [6.07, 6.45) is 2.80. The van der Waals surface area contributed by atoms with Crippen LogP contribution in [0.15, 0.2) is 27.7 Å². The van der Waals surface area contributed by atoms with Gasteiger partial charge in [-0.3, -0.25) is 14.4 Å². The van der Waals surface area contributed by atoms with Crippen molar-refractivity contribution >= 4 is 23.2 Å². The number of likely N-dealkylation sites (tertiary alicyclic amines) is 2. The van der Waals surface area contributed by atoms with Crippen molar-refractivity contribution in [3.05, 3.63) is 39.1 Å². The average Bonchev–Trinajstić information content (AvgIpc) is 3.32. The van der Waals surface area contributed by atoms with Gasteiger partial charge in [-0.2, -0.15) is 11.3 Å². The molecule has 2 saturated heterocycles. The van der Waals surface area contributed by atoms with Gasteiger partial charge in [-0.05, 0) is 30.2 Å². The monoisotopic (exact) mass is 400 g/mol. The van der Waals surface area contributed by atoms with Crippen LogP contribution in [0, 0.1) is 11.8 Å². The Morgan fingerprint density at radius 2 is 2.11 bits per heavy atom. The first kappa shape index (κ1) is 18.9. The molecule has 0 spiro atoms. The smallest absolute Gasteiger partial charge is 0.251 e. The fraction of sp³-hybridized carbons (Fsp3) is 0.500. The molecule has 148 valence electrons. The highest BCUT2D eigenvalue weighted by Crippen LogP contribution is 2.25. The summed E-state index contributed by atoms with van der Waals surface area (Å²) in [7, 11) is 1.75. The lowest BCUT2D eigenvalue weighted by Gasteiger charge is -2.33. The van der Waals surface area contributed by atoms with E-state index in [9.17, 15) is 14.4 Å². The Morgan fingerprint density at radius 1 is 1.32 bits per heavy atom. The zero-order valence-corrected chi connectivity index (χ0v) is 16.7. The second kappa shape index (κ2) is 7.87. The van der Waals surface area contributed by atoms with E-state index in [2.05, 4.69) is 9.97 Å². The first-order chi connectivity index (χ1) is 13.5. The molecule has 1 atom stereocenters. The normalized spacial score (nSPS) is 20.8. The second-order valence-corrected chi connectivity index (χ2v) is 8.52. The van der Waals surface area contributed by atoms with Crippen molar-refractivity contribution in [2.24, 2.45) is 11.8 Å². The number of nitrogens with one attached hydrogen (secondary N) is 1. The number of rotatable bonds is 4. The number of aromatic nitrogens is 2. The molecular weight excluding hydrogens is 376 g/mol. The van der Waals surface area contributed by atoms with Crippen molar-refractivity contribution in [2.45, 2.75) is 25.7 Å². The molecule has 0 aliphatic carbocycles. The van der Waals surface area contributed by atoms with Crippen molar-refractivity contribution in [3.63, 3.8) is 0 Å². The van der Waals surface area contributed by atoms with E-state index in [1.165, 1.54) is 6.07 Å². The zero-order chi connectivity index (χ0) is 19.7. The van der Waals surface area contributed by atoms with Crippen LogP contribution in [0.3, 0.4) is 0 Å². The van der Waals surface area contributed by atoms with E-state index in [0.717, 1.165) is 18.4 Å². The van der Waals surface area contributed by atoms with E-state index >= 15 is 0 Å². The number of hydrogen-bond acceptors (Lipinski definition) is 5. The summed E-state index contributed by atoms with van der Waals surface area (Å²) in [4.78, 5) is 47.4. The quantitative estimate of drug-likeness (QED) is 0.847. The van der Waals surface area contributed by atoms with Crippen molar-refractivity contribution in [3.8, 4) is 11.3 Å². The second-order valence-electron chi connectivity index (χ2n) is 7.74. The summed E-state index contributed by atoms with van der Waals surface area (Å²) in [6.45, 7) is 1.93. The van der Waals surface area contributed by atoms with Crippen LogP contribution in [0.1, 0.15) is 25.1 Å². The summed E-state index contributed by atoms with van der Waals surface area (Å²) in [6, 6.07) is 3.50. The predicted molar refractivity (Wildman–Crippen MR) is 107 cm³/mol. The van der Waals surface area contributed by atoms with E-state index in [4.69, 9.17) is 0 Å². The van der Waals surface area contributed by atoms with Gasteiger partial charge in [0.15, 0.2) is 0 Å². The van der Waals surface area contributed by atoms with Crippen LogP contribution in [0.2, 0.25) is 0 Å². The third-order valence-electron chi connectivity index (χ3n) is 5.71. The van der Waals surface area contributed by atoms with Crippen molar-refractivity contribution < 1.29 is 9.59 Å². The highest BCUT2D eigenvalue weighted by atomic mass is 32.1. The summed E-state index contributed by atoms with van der Waals surface area (Å²) >= 11 is 1.58. The number of amides is 2. The van der Waals surface area contributed by atoms with Gasteiger partial charge in [-0.25, -0.2) is 4.98 Å². The predicted octanol–water partition coefficient (Wildman–Crippen LogP) is 1.76. The van der Waals surface area contributed by atoms with Crippen LogP contribution in [-0.2, 0) is 16.0 Å². The van der Waals surface area contributed by atoms with Gasteiger partial charge < -0.3 is 14.8 Å². The van der Waals surface area contributed by atoms with E-state index in [-0.39, 0.29) is 23.3 Å². The maximum atomic E-state index is 12.7. The Morgan fingerprint density at radius 3 is 2.75 bits per heavy atom. The third kappa shape index (κ3) is 4.01. The van der Waals surface area contributed by atoms with Gasteiger partial charge >= 0.3 is 0 Å². The lowest BCUT2D eigenvalue weighted by Crippen LogP contribution is -2.42. The first-order valence-electron chi connectivity index (χ1n) is 9.65. The number of aromatic amines is 1. The Bertz CT molecular complexity index is 916. The van der Waals surface area contributed by atoms with Gasteiger partial charge in [-0.1, -0.05) is 0 Å². The average molecular weight is 401 g/mol. The van der Waals surface area contributed by atoms with E-state index in [1.54, 1.807) is 23.3 Å². The molecule has 7 nitrogen and oxygen atoms in total. The van der Waals surface area contributed by atoms with Gasteiger partial charge in [0, 0.05) is 56.5 Å². The van der Waals surface area contributed by atoms with Crippen LogP contribution in [0.25, 0.3) is 11.3 Å². The lowest BCUT2D eigenvalue weighted by atomic mass is 9.92. The number of carbonyl (C=O) groups is 2. The van der Waals surface area contributed by atoms with Gasteiger partial charge in [-0.15, -0.1) is 0 Å². The molecule has 28 heavy (non-hydrogen) atoms. The Hall–Kier alpha value is -2.48. The highest BCUT2D eigenvalue weighted by molar-refractivity contribution is 7.08. The van der Waals surface area contributed by atoms with E-state index < -0.39 is 0 Å². The van der Waals surface area contributed by atoms with E-state index in [1.807, 2.05) is 21.7 Å². The lowest BCUT2D eigenvalue weighted by molar-refractivity contribution is -0.137. The minimum absolute atomic E-state index is 0.0498. The van der Waals surface area contributed by atoms with E-state index in [0.29, 0.717) is 49.9 Å². The molecule has 1 N–H and O–H groups in total. The molecule has 1 unspecified atom stereocenters. The SMILES string of the molecule is CN1CC(C(=O)N2CCC(Cc3nc(-c4ccsc4)cc(=O)[nH]3)CC2)CC1=O. The molecule has 4 rings (SSSR count). The molecule has 2 aromatic heterocycles. The summed E-state index contributed by atoms with van der Waals surface area (Å²) in [5.74, 6) is 1.05. The third-order valence-corrected chi connectivity index (χ3v) is 6.39. The Labute approximate surface area is 167 Å². The molecule has 2 amide bonds. The Balaban J connectivity index is 1.35. The van der Waals surface area contributed by atoms with Crippen LogP contribution in [0.5, 0.6) is 0 Å². The molecular formula is C20H24N4O3S. The Kier molecular flexibility index (Phi) is 5.30. The maximum absolute atomic E-state index is 12.7.